The summed E-state index contributed by atoms with van der Waals surface area (Å²) in [6.07, 6.45) is 0. The lowest BCUT2D eigenvalue weighted by atomic mass is 10.2. The van der Waals surface area contributed by atoms with Gasteiger partial charge >= 0.3 is 0 Å². The first-order chi connectivity index (χ1) is 9.30. The smallest absolute Gasteiger partial charge is 0.227 e. The van der Waals surface area contributed by atoms with Gasteiger partial charge in [0, 0.05) is 5.56 Å². The maximum Gasteiger partial charge on any atom is 0.227 e. The molecule has 0 spiro atoms. The molecule has 0 N–H and O–H groups in total. The third kappa shape index (κ3) is 2.02. The summed E-state index contributed by atoms with van der Waals surface area (Å²) in [6, 6.07) is 14.8. The van der Waals surface area contributed by atoms with E-state index in [4.69, 9.17) is 14.4 Å². The Hall–Kier alpha value is -2.80. The molecular weight excluding hydrogens is 240 g/mol. The Labute approximate surface area is 109 Å². The van der Waals surface area contributed by atoms with Gasteiger partial charge in [0.2, 0.25) is 5.89 Å². The minimum absolute atomic E-state index is 0.518. The number of rotatable bonds is 2. The standard InChI is InChI=1S/C15H10N2O2/c1-18-12-4-2-3-11(8-12)15-17-13-7-10(9-16)5-6-14(13)19-15/h2-8H,1H3. The summed E-state index contributed by atoms with van der Waals surface area (Å²) in [6.45, 7) is 0. The van der Waals surface area contributed by atoms with Gasteiger partial charge in [-0.25, -0.2) is 4.98 Å². The maximum atomic E-state index is 8.86. The van der Waals surface area contributed by atoms with E-state index in [0.29, 0.717) is 22.6 Å². The molecule has 92 valence electrons. The molecule has 0 saturated heterocycles. The Bertz CT molecular complexity index is 784. The van der Waals surface area contributed by atoms with Gasteiger partial charge in [-0.3, -0.25) is 0 Å². The number of aromatic nitrogens is 1. The lowest BCUT2D eigenvalue weighted by molar-refractivity contribution is 0.415. The molecule has 4 heteroatoms. The highest BCUT2D eigenvalue weighted by Crippen LogP contribution is 2.27. The van der Waals surface area contributed by atoms with Crippen LogP contribution in [0.4, 0.5) is 0 Å². The van der Waals surface area contributed by atoms with Crippen molar-refractivity contribution in [1.82, 2.24) is 4.98 Å². The van der Waals surface area contributed by atoms with Crippen molar-refractivity contribution < 1.29 is 9.15 Å². The number of oxazole rings is 1. The first-order valence-corrected chi connectivity index (χ1v) is 5.75. The average Bonchev–Trinajstić information content (AvgIpc) is 2.90. The number of nitriles is 1. The molecule has 0 aliphatic carbocycles. The van der Waals surface area contributed by atoms with Crippen molar-refractivity contribution in [2.75, 3.05) is 7.11 Å². The van der Waals surface area contributed by atoms with E-state index in [2.05, 4.69) is 11.1 Å². The zero-order chi connectivity index (χ0) is 13.2. The van der Waals surface area contributed by atoms with Gasteiger partial charge < -0.3 is 9.15 Å². The molecule has 4 nitrogen and oxygen atoms in total. The highest BCUT2D eigenvalue weighted by molar-refractivity contribution is 5.77. The van der Waals surface area contributed by atoms with Gasteiger partial charge in [0.15, 0.2) is 5.58 Å². The van der Waals surface area contributed by atoms with Crippen LogP contribution in [0.3, 0.4) is 0 Å². The molecule has 3 aromatic rings. The van der Waals surface area contributed by atoms with Gasteiger partial charge in [0.25, 0.3) is 0 Å². The molecule has 3 rings (SSSR count). The molecule has 1 heterocycles. The second kappa shape index (κ2) is 4.46. The van der Waals surface area contributed by atoms with E-state index in [-0.39, 0.29) is 0 Å². The topological polar surface area (TPSA) is 59.0 Å². The number of methoxy groups -OCH3 is 1. The summed E-state index contributed by atoms with van der Waals surface area (Å²) in [5, 5.41) is 8.86. The van der Waals surface area contributed by atoms with E-state index < -0.39 is 0 Å². The number of hydrogen-bond acceptors (Lipinski definition) is 4. The number of hydrogen-bond donors (Lipinski definition) is 0. The molecule has 0 unspecified atom stereocenters. The fraction of sp³-hybridized carbons (Fsp3) is 0.0667. The van der Waals surface area contributed by atoms with Crippen molar-refractivity contribution in [3.63, 3.8) is 0 Å². The monoisotopic (exact) mass is 250 g/mol. The first-order valence-electron chi connectivity index (χ1n) is 5.75. The van der Waals surface area contributed by atoms with Gasteiger partial charge in [0.1, 0.15) is 11.3 Å². The van der Waals surface area contributed by atoms with Gasteiger partial charge in [0.05, 0.1) is 18.7 Å². The summed E-state index contributed by atoms with van der Waals surface area (Å²) >= 11 is 0. The highest BCUT2D eigenvalue weighted by Gasteiger charge is 2.09. The molecule has 0 radical (unpaired) electrons. The van der Waals surface area contributed by atoms with Crippen LogP contribution in [0.5, 0.6) is 5.75 Å². The summed E-state index contributed by atoms with van der Waals surface area (Å²) in [4.78, 5) is 4.39. The van der Waals surface area contributed by atoms with Crippen molar-refractivity contribution in [1.29, 1.82) is 5.26 Å². The molecule has 0 fully saturated rings. The minimum Gasteiger partial charge on any atom is -0.497 e. The molecule has 0 amide bonds. The predicted octanol–water partition coefficient (Wildman–Crippen LogP) is 3.38. The van der Waals surface area contributed by atoms with Crippen LogP contribution in [0.2, 0.25) is 0 Å². The predicted molar refractivity (Wildman–Crippen MR) is 70.7 cm³/mol. The Balaban J connectivity index is 2.12. The fourth-order valence-corrected chi connectivity index (χ4v) is 1.88. The molecule has 19 heavy (non-hydrogen) atoms. The van der Waals surface area contributed by atoms with Crippen LogP contribution < -0.4 is 4.74 Å². The van der Waals surface area contributed by atoms with Gasteiger partial charge in [-0.1, -0.05) is 6.07 Å². The molecule has 0 aliphatic heterocycles. The van der Waals surface area contributed by atoms with E-state index in [1.54, 1.807) is 25.3 Å². The normalized spacial score (nSPS) is 10.3. The quantitative estimate of drug-likeness (QED) is 0.699. The van der Waals surface area contributed by atoms with E-state index in [1.165, 1.54) is 0 Å². The van der Waals surface area contributed by atoms with Crippen LogP contribution in [0, 0.1) is 11.3 Å². The molecule has 0 bridgehead atoms. The molecule has 2 aromatic carbocycles. The van der Waals surface area contributed by atoms with Gasteiger partial charge in [-0.15, -0.1) is 0 Å². The first kappa shape index (κ1) is 11.3. The Morgan fingerprint density at radius 2 is 2.11 bits per heavy atom. The second-order valence-electron chi connectivity index (χ2n) is 4.05. The van der Waals surface area contributed by atoms with Crippen LogP contribution in [-0.2, 0) is 0 Å². The largest absolute Gasteiger partial charge is 0.497 e. The molecule has 0 atom stereocenters. The van der Waals surface area contributed by atoms with Gasteiger partial charge in [-0.2, -0.15) is 5.26 Å². The third-order valence-electron chi connectivity index (χ3n) is 2.83. The lowest BCUT2D eigenvalue weighted by Crippen LogP contribution is -1.83. The number of ether oxygens (including phenoxy) is 1. The zero-order valence-corrected chi connectivity index (χ0v) is 10.3. The maximum absolute atomic E-state index is 8.86. The average molecular weight is 250 g/mol. The van der Waals surface area contributed by atoms with E-state index in [9.17, 15) is 0 Å². The number of benzene rings is 2. The summed E-state index contributed by atoms with van der Waals surface area (Å²) in [7, 11) is 1.62. The highest BCUT2D eigenvalue weighted by atomic mass is 16.5. The minimum atomic E-state index is 0.518. The van der Waals surface area contributed by atoms with E-state index in [0.717, 1.165) is 11.3 Å². The van der Waals surface area contributed by atoms with Crippen LogP contribution in [0.25, 0.3) is 22.6 Å². The van der Waals surface area contributed by atoms with Crippen LogP contribution in [0.15, 0.2) is 46.9 Å². The summed E-state index contributed by atoms with van der Waals surface area (Å²) in [5.74, 6) is 1.27. The van der Waals surface area contributed by atoms with Crippen molar-refractivity contribution in [2.24, 2.45) is 0 Å². The summed E-state index contributed by atoms with van der Waals surface area (Å²) < 4.78 is 10.9. The second-order valence-corrected chi connectivity index (χ2v) is 4.05. The number of fused-ring (bicyclic) bond motifs is 1. The zero-order valence-electron chi connectivity index (χ0n) is 10.3. The molecule has 1 aromatic heterocycles. The SMILES string of the molecule is COc1cccc(-c2nc3cc(C#N)ccc3o2)c1. The number of nitrogens with zero attached hydrogens (tertiary/aromatic N) is 2. The van der Waals surface area contributed by atoms with E-state index >= 15 is 0 Å². The van der Waals surface area contributed by atoms with E-state index in [1.807, 2.05) is 24.3 Å². The van der Waals surface area contributed by atoms with Crippen LogP contribution in [0.1, 0.15) is 5.56 Å². The fourth-order valence-electron chi connectivity index (χ4n) is 1.88. The lowest BCUT2D eigenvalue weighted by Gasteiger charge is -2.00. The van der Waals surface area contributed by atoms with Gasteiger partial charge in [-0.05, 0) is 36.4 Å². The van der Waals surface area contributed by atoms with Crippen molar-refractivity contribution >= 4 is 11.1 Å². The van der Waals surface area contributed by atoms with Crippen molar-refractivity contribution in [2.45, 2.75) is 0 Å². The Kier molecular flexibility index (Phi) is 2.66. The Morgan fingerprint density at radius 1 is 1.21 bits per heavy atom. The van der Waals surface area contributed by atoms with Crippen molar-refractivity contribution in [3.05, 3.63) is 48.0 Å². The third-order valence-corrected chi connectivity index (χ3v) is 2.83. The van der Waals surface area contributed by atoms with Crippen LogP contribution in [-0.4, -0.2) is 12.1 Å². The molecule has 0 saturated carbocycles. The van der Waals surface area contributed by atoms with Crippen LogP contribution >= 0.6 is 0 Å². The Morgan fingerprint density at radius 3 is 2.89 bits per heavy atom. The molecule has 0 aliphatic rings. The molecular formula is C15H10N2O2. The van der Waals surface area contributed by atoms with Crippen molar-refractivity contribution in [3.8, 4) is 23.3 Å². The summed E-state index contributed by atoms with van der Waals surface area (Å²) in [5.41, 5.74) is 2.75.